The number of nitrogens with zero attached hydrogens (tertiary/aromatic N) is 6. The van der Waals surface area contributed by atoms with Gasteiger partial charge in [0.1, 0.15) is 17.3 Å². The fraction of sp³-hybridized carbons (Fsp3) is 0.0938. The molecule has 0 saturated heterocycles. The van der Waals surface area contributed by atoms with Crippen LogP contribution >= 0.6 is 11.8 Å². The summed E-state index contributed by atoms with van der Waals surface area (Å²) in [7, 11) is 0. The lowest BCUT2D eigenvalue weighted by Gasteiger charge is -2.39. The molecule has 0 spiro atoms. The molecule has 0 N–H and O–H groups in total. The predicted octanol–water partition coefficient (Wildman–Crippen LogP) is 13.9. The van der Waals surface area contributed by atoms with Crippen molar-refractivity contribution in [3.05, 3.63) is 241 Å². The number of allylic oxidation sites excluding steroid dienone is 4. The molecule has 73 heavy (non-hydrogen) atoms. The van der Waals surface area contributed by atoms with E-state index in [0.717, 1.165) is 82.2 Å². The van der Waals surface area contributed by atoms with Crippen LogP contribution in [-0.2, 0) is 5.41 Å². The van der Waals surface area contributed by atoms with Crippen LogP contribution in [0.3, 0.4) is 0 Å². The highest BCUT2D eigenvalue weighted by atomic mass is 32.2. The van der Waals surface area contributed by atoms with Crippen molar-refractivity contribution >= 4 is 35.0 Å². The number of aromatic nitrogens is 6. The molecule has 0 bridgehead atoms. The average Bonchev–Trinajstić information content (AvgIpc) is 3.45. The summed E-state index contributed by atoms with van der Waals surface area (Å²) in [5.74, 6) is 5.09. The number of benzene rings is 8. The second-order valence-electron chi connectivity index (χ2n) is 19.8. The van der Waals surface area contributed by atoms with Crippen LogP contribution in [0.1, 0.15) is 50.1 Å². The fourth-order valence-electron chi connectivity index (χ4n) is 10.3. The predicted molar refractivity (Wildman–Crippen MR) is 296 cm³/mol. The second kappa shape index (κ2) is 18.3. The summed E-state index contributed by atoms with van der Waals surface area (Å²) in [5, 5.41) is 0. The van der Waals surface area contributed by atoms with Gasteiger partial charge in [-0.2, -0.15) is 0 Å². The highest BCUT2D eigenvalue weighted by molar-refractivity contribution is 8.00. The largest absolute Gasteiger partial charge is 0.462 e. The van der Waals surface area contributed by atoms with Gasteiger partial charge >= 0.3 is 0 Å². The molecule has 7 nitrogen and oxygen atoms in total. The van der Waals surface area contributed by atoms with Gasteiger partial charge in [0, 0.05) is 37.6 Å². The lowest BCUT2D eigenvalue weighted by molar-refractivity contribution is 0.372. The fourth-order valence-corrected chi connectivity index (χ4v) is 11.6. The summed E-state index contributed by atoms with van der Waals surface area (Å²) in [6.45, 7) is 6.57. The monoisotopic (exact) mass is 958 g/mol. The smallest absolute Gasteiger partial charge is 0.253 e. The summed E-state index contributed by atoms with van der Waals surface area (Å²) in [5.41, 5.74) is 13.5. The van der Waals surface area contributed by atoms with E-state index in [2.05, 4.69) is 160 Å². The van der Waals surface area contributed by atoms with Crippen molar-refractivity contribution in [1.29, 1.82) is 0 Å². The number of ether oxygens (including phenoxy) is 1. The summed E-state index contributed by atoms with van der Waals surface area (Å²) in [4.78, 5) is 34.0. The molecule has 2 aromatic heterocycles. The van der Waals surface area contributed by atoms with E-state index in [1.165, 1.54) is 11.1 Å². The van der Waals surface area contributed by atoms with E-state index in [-0.39, 0.29) is 18.0 Å². The Bertz CT molecular complexity index is 3680. The molecule has 8 aromatic carbocycles. The van der Waals surface area contributed by atoms with Gasteiger partial charge in [-0.05, 0) is 68.8 Å². The normalized spacial score (nSPS) is 14.6. The lowest BCUT2D eigenvalue weighted by atomic mass is 9.34. The molecule has 9 heteroatoms. The Hall–Kier alpha value is -8.53. The van der Waals surface area contributed by atoms with Gasteiger partial charge in [-0.15, -0.1) is 0 Å². The lowest BCUT2D eigenvalue weighted by Crippen LogP contribution is -2.52. The molecule has 1 aliphatic carbocycles. The van der Waals surface area contributed by atoms with E-state index < -0.39 is 0 Å². The Balaban J connectivity index is 1.10. The molecule has 1 unspecified atom stereocenters. The topological polar surface area (TPSA) is 86.6 Å². The Labute approximate surface area is 430 Å². The molecule has 4 heterocycles. The van der Waals surface area contributed by atoms with Crippen LogP contribution in [0, 0.1) is 0 Å². The first-order valence-electron chi connectivity index (χ1n) is 24.8. The Morgan fingerprint density at radius 3 is 1.42 bits per heavy atom. The van der Waals surface area contributed by atoms with Crippen molar-refractivity contribution in [2.75, 3.05) is 0 Å². The quantitative estimate of drug-likeness (QED) is 0.139. The van der Waals surface area contributed by atoms with Crippen LogP contribution in [0.2, 0.25) is 0 Å². The molecular formula is C64H47BN6OS. The maximum atomic E-state index is 7.52. The van der Waals surface area contributed by atoms with Crippen molar-refractivity contribution < 1.29 is 4.74 Å². The minimum Gasteiger partial charge on any atom is -0.462 e. The van der Waals surface area contributed by atoms with Crippen molar-refractivity contribution in [2.45, 2.75) is 48.3 Å². The van der Waals surface area contributed by atoms with Gasteiger partial charge in [0.25, 0.3) is 6.71 Å². The molecule has 10 aromatic rings. The molecule has 0 fully saturated rings. The molecule has 13 rings (SSSR count). The van der Waals surface area contributed by atoms with Crippen molar-refractivity contribution in [1.82, 2.24) is 29.9 Å². The van der Waals surface area contributed by atoms with Gasteiger partial charge in [-0.1, -0.05) is 232 Å². The zero-order valence-corrected chi connectivity index (χ0v) is 41.4. The number of hydrogen-bond donors (Lipinski definition) is 0. The summed E-state index contributed by atoms with van der Waals surface area (Å²) < 4.78 is 7.52. The van der Waals surface area contributed by atoms with Gasteiger partial charge in [0.2, 0.25) is 0 Å². The van der Waals surface area contributed by atoms with Crippen molar-refractivity contribution in [2.24, 2.45) is 0 Å². The van der Waals surface area contributed by atoms with Crippen LogP contribution < -0.4 is 15.7 Å². The first-order chi connectivity index (χ1) is 35.8. The average molecular weight is 959 g/mol. The maximum Gasteiger partial charge on any atom is 0.253 e. The molecule has 3 aliphatic rings. The molecule has 0 radical (unpaired) electrons. The minimum absolute atomic E-state index is 0.182. The van der Waals surface area contributed by atoms with Gasteiger partial charge in [-0.25, -0.2) is 29.9 Å². The molecule has 1 atom stereocenters. The number of rotatable bonds is 8. The zero-order chi connectivity index (χ0) is 49.0. The third-order valence-corrected chi connectivity index (χ3v) is 15.2. The highest BCUT2D eigenvalue weighted by Crippen LogP contribution is 2.49. The van der Waals surface area contributed by atoms with Crippen molar-refractivity contribution in [3.63, 3.8) is 0 Å². The molecule has 0 amide bonds. The molecule has 0 saturated carbocycles. The summed E-state index contributed by atoms with van der Waals surface area (Å²) in [6, 6.07) is 71.5. The Kier molecular flexibility index (Phi) is 11.1. The van der Waals surface area contributed by atoms with Crippen LogP contribution in [-0.4, -0.2) is 36.6 Å². The molecule has 348 valence electrons. The third kappa shape index (κ3) is 8.35. The standard InChI is InChI=1S/C64H47BN6OS/c1-64(2,3)48-38-53-55-54(39-48)73-57-50(63-70-60(44-30-18-8-19-31-44)67-61(71-63)45-32-20-9-21-33-45)35-47(41-24-12-5-13-25-41)37-52(57)65(55)51-36-46(40-22-10-4-11-23-40)34-49(56(51)72-53)62-68-58(42-26-14-6-15-27-42)66-59(69-62)43-28-16-7-17-29-43/h4-33,35-39,49H,34H2,1-3H3. The van der Waals surface area contributed by atoms with E-state index in [1.807, 2.05) is 72.8 Å². The van der Waals surface area contributed by atoms with E-state index in [4.69, 9.17) is 34.6 Å². The molecular weight excluding hydrogens is 912 g/mol. The first-order valence-corrected chi connectivity index (χ1v) is 25.6. The summed E-state index contributed by atoms with van der Waals surface area (Å²) >= 11 is 1.78. The Morgan fingerprint density at radius 1 is 0.479 bits per heavy atom. The summed E-state index contributed by atoms with van der Waals surface area (Å²) in [6.07, 6.45) is 3.02. The van der Waals surface area contributed by atoms with Crippen molar-refractivity contribution in [3.8, 4) is 73.8 Å². The first kappa shape index (κ1) is 44.4. The number of fused-ring (bicyclic) bond motifs is 3. The van der Waals surface area contributed by atoms with Gasteiger partial charge in [0.15, 0.2) is 29.1 Å². The van der Waals surface area contributed by atoms with Gasteiger partial charge in [-0.3, -0.25) is 0 Å². The number of hydrogen-bond acceptors (Lipinski definition) is 8. The van der Waals surface area contributed by atoms with Crippen LogP contribution in [0.5, 0.6) is 5.75 Å². The van der Waals surface area contributed by atoms with E-state index in [9.17, 15) is 0 Å². The van der Waals surface area contributed by atoms with E-state index >= 15 is 0 Å². The Morgan fingerprint density at radius 2 is 0.932 bits per heavy atom. The van der Waals surface area contributed by atoms with E-state index in [1.54, 1.807) is 11.8 Å². The van der Waals surface area contributed by atoms with Crippen LogP contribution in [0.4, 0.5) is 0 Å². The zero-order valence-electron chi connectivity index (χ0n) is 40.6. The SMILES string of the molecule is CC(C)(C)c1cc2c3c(c1)Sc1c(cc(-c4ccccc4)cc1-c1nc(-c4ccccc4)nc(-c4ccccc4)n1)B3C1=C(O2)C(c2nc(-c3ccccc3)nc(-c3ccccc3)n2)CC(c2ccccc2)=C1. The van der Waals surface area contributed by atoms with Gasteiger partial charge in [0.05, 0.1) is 5.92 Å². The van der Waals surface area contributed by atoms with Gasteiger partial charge < -0.3 is 4.74 Å². The second-order valence-corrected chi connectivity index (χ2v) is 20.9. The van der Waals surface area contributed by atoms with Crippen LogP contribution in [0.15, 0.2) is 233 Å². The highest BCUT2D eigenvalue weighted by Gasteiger charge is 2.46. The molecule has 2 aliphatic heterocycles. The minimum atomic E-state index is -0.363. The van der Waals surface area contributed by atoms with Crippen LogP contribution in [0.25, 0.3) is 73.6 Å². The maximum absolute atomic E-state index is 7.52. The third-order valence-electron chi connectivity index (χ3n) is 14.0. The van der Waals surface area contributed by atoms with E-state index in [0.29, 0.717) is 41.4 Å².